The smallest absolute Gasteiger partial charge is 0.259 e. The van der Waals surface area contributed by atoms with Crippen LogP contribution in [0.3, 0.4) is 0 Å². The summed E-state index contributed by atoms with van der Waals surface area (Å²) in [4.78, 5) is 67.9. The Hall–Kier alpha value is -6.68. The Kier molecular flexibility index (Phi) is 16.0. The first-order valence-electron chi connectivity index (χ1n) is 21.1. The fraction of sp³-hybridized carbons (Fsp3) is 0.304. The van der Waals surface area contributed by atoms with Crippen molar-refractivity contribution in [3.63, 3.8) is 0 Å². The Morgan fingerprint density at radius 2 is 0.929 bits per heavy atom. The van der Waals surface area contributed by atoms with Crippen molar-refractivity contribution in [3.8, 4) is 45.3 Å². The first-order valence-corrected chi connectivity index (χ1v) is 22.6. The number of rotatable bonds is 14. The zero-order chi connectivity index (χ0) is 50.6. The summed E-state index contributed by atoms with van der Waals surface area (Å²) < 4.78 is 35.0. The monoisotopic (exact) mass is 1040 g/mol. The number of aryl methyl sites for hydroxylation is 2. The predicted molar refractivity (Wildman–Crippen MR) is 267 cm³/mol. The fourth-order valence-corrected chi connectivity index (χ4v) is 9.14. The third kappa shape index (κ3) is 10.3. The molecule has 0 saturated carbocycles. The van der Waals surface area contributed by atoms with Crippen molar-refractivity contribution in [3.05, 3.63) is 103 Å². The Labute approximate surface area is 419 Å². The number of amides is 2. The number of methoxy groups -OCH3 is 4. The van der Waals surface area contributed by atoms with Crippen LogP contribution in [0.15, 0.2) is 71.6 Å². The zero-order valence-corrected chi connectivity index (χ0v) is 41.5. The van der Waals surface area contributed by atoms with Crippen molar-refractivity contribution in [1.82, 2.24) is 39.7 Å². The van der Waals surface area contributed by atoms with Crippen molar-refractivity contribution in [2.45, 2.75) is 24.2 Å². The van der Waals surface area contributed by atoms with Crippen LogP contribution < -0.4 is 51.3 Å². The fourth-order valence-electron chi connectivity index (χ4n) is 7.73. The Balaban J connectivity index is 0.000000206. The topological polar surface area (TPSA) is 233 Å². The van der Waals surface area contributed by atoms with Crippen molar-refractivity contribution < 1.29 is 38.0 Å². The normalized spacial score (nSPS) is 17.3. The molecule has 24 heteroatoms. The molecule has 4 N–H and O–H groups in total. The van der Waals surface area contributed by atoms with Crippen LogP contribution in [0.25, 0.3) is 44.3 Å². The summed E-state index contributed by atoms with van der Waals surface area (Å²) in [6.45, 7) is 8.33. The van der Waals surface area contributed by atoms with E-state index >= 15 is 0 Å². The van der Waals surface area contributed by atoms with Crippen LogP contribution in [0.2, 0.25) is 20.1 Å². The highest BCUT2D eigenvalue weighted by Gasteiger charge is 2.32. The van der Waals surface area contributed by atoms with E-state index in [2.05, 4.69) is 54.4 Å². The zero-order valence-electron chi connectivity index (χ0n) is 38.4. The molecule has 20 nitrogen and oxygen atoms in total. The second-order valence-corrected chi connectivity index (χ2v) is 17.1. The molecule has 2 amide bonds. The highest BCUT2D eigenvalue weighted by atomic mass is 35.5. The maximum atomic E-state index is 13.4. The molecule has 6 aromatic rings. The van der Waals surface area contributed by atoms with E-state index in [1.165, 1.54) is 49.7 Å². The summed E-state index contributed by atoms with van der Waals surface area (Å²) in [6.07, 6.45) is 5.57. The molecule has 0 unspecified atom stereocenters. The van der Waals surface area contributed by atoms with Crippen LogP contribution in [0, 0.1) is 0 Å². The quantitative estimate of drug-likeness (QED) is 0.0973. The van der Waals surface area contributed by atoms with Gasteiger partial charge in [-0.3, -0.25) is 28.3 Å². The van der Waals surface area contributed by atoms with E-state index in [0.717, 1.165) is 0 Å². The molecule has 0 radical (unpaired) electrons. The molecule has 2 aromatic carbocycles. The van der Waals surface area contributed by atoms with Crippen molar-refractivity contribution in [2.75, 3.05) is 65.5 Å². The number of nitrogens with one attached hydrogen (secondary N) is 4. The number of fused-ring (bicyclic) bond motifs is 2. The van der Waals surface area contributed by atoms with E-state index in [1.54, 1.807) is 50.8 Å². The van der Waals surface area contributed by atoms with Crippen molar-refractivity contribution in [2.24, 2.45) is 14.1 Å². The minimum Gasteiger partial charge on any atom is -0.495 e. The van der Waals surface area contributed by atoms with Gasteiger partial charge in [-0.2, -0.15) is 9.97 Å². The number of carbonyl (C=O) groups is 2. The standard InChI is InChI=1S/2C23H23Cl2N5O5/c2*1-5-17(31)27-13-9-35-10-14(13)28-23-26-8-11-6-12(22(32)30(2)21(11)29-23)18-19(24)15(33-3)7-16(34-4)20(18)25/h2*5-8,13-14H,1,9-10H2,2-4H3,(H,27,31)(H,26,28,29)/t2*13-,14+/m10/s1. The highest BCUT2D eigenvalue weighted by molar-refractivity contribution is 6.42. The lowest BCUT2D eigenvalue weighted by atomic mass is 10.0. The Bertz CT molecular complexity index is 2910. The van der Waals surface area contributed by atoms with Crippen LogP contribution in [-0.2, 0) is 33.2 Å². The number of benzene rings is 2. The minimum atomic E-state index is -0.374. The highest BCUT2D eigenvalue weighted by Crippen LogP contribution is 2.47. The van der Waals surface area contributed by atoms with Gasteiger partial charge in [0.2, 0.25) is 23.7 Å². The molecule has 0 spiro atoms. The van der Waals surface area contributed by atoms with Crippen LogP contribution in [0.1, 0.15) is 0 Å². The molecule has 0 bridgehead atoms. The first-order chi connectivity index (χ1) is 33.6. The van der Waals surface area contributed by atoms with E-state index in [9.17, 15) is 19.2 Å². The van der Waals surface area contributed by atoms with Crippen LogP contribution in [0.4, 0.5) is 11.9 Å². The Morgan fingerprint density at radius 1 is 0.600 bits per heavy atom. The van der Waals surface area contributed by atoms with Gasteiger partial charge >= 0.3 is 0 Å². The van der Waals surface area contributed by atoms with Gasteiger partial charge in [0.15, 0.2) is 0 Å². The third-order valence-corrected chi connectivity index (χ3v) is 12.9. The molecule has 2 aliphatic rings. The summed E-state index contributed by atoms with van der Waals surface area (Å²) in [6, 6.07) is 5.29. The molecular weight excluding hydrogens is 994 g/mol. The molecule has 4 aromatic heterocycles. The lowest BCUT2D eigenvalue weighted by molar-refractivity contribution is -0.118. The molecular formula is C46H46Cl4N10O10. The van der Waals surface area contributed by atoms with Gasteiger partial charge in [0.1, 0.15) is 34.3 Å². The molecule has 2 aliphatic heterocycles. The summed E-state index contributed by atoms with van der Waals surface area (Å²) in [5.41, 5.74) is 1.10. The number of ether oxygens (including phenoxy) is 6. The number of hydrogen-bond acceptors (Lipinski definition) is 16. The van der Waals surface area contributed by atoms with Gasteiger partial charge in [0, 0.05) is 60.5 Å². The molecule has 368 valence electrons. The largest absolute Gasteiger partial charge is 0.495 e. The van der Waals surface area contributed by atoms with E-state index in [1.807, 2.05) is 0 Å². The summed E-state index contributed by atoms with van der Waals surface area (Å²) in [5.74, 6) is 1.24. The average Bonchev–Trinajstić information content (AvgIpc) is 4.00. The molecule has 2 fully saturated rings. The predicted octanol–water partition coefficient (Wildman–Crippen LogP) is 5.60. The van der Waals surface area contributed by atoms with Crippen molar-refractivity contribution in [1.29, 1.82) is 0 Å². The maximum Gasteiger partial charge on any atom is 0.259 e. The lowest BCUT2D eigenvalue weighted by Gasteiger charge is -2.20. The summed E-state index contributed by atoms with van der Waals surface area (Å²) in [7, 11) is 9.03. The number of halogens is 4. The van der Waals surface area contributed by atoms with Crippen molar-refractivity contribution >= 4 is 92.2 Å². The Morgan fingerprint density at radius 3 is 1.24 bits per heavy atom. The van der Waals surface area contributed by atoms with Crippen LogP contribution in [0.5, 0.6) is 23.0 Å². The molecule has 2 saturated heterocycles. The number of nitrogens with zero attached hydrogens (tertiary/aromatic N) is 6. The van der Waals surface area contributed by atoms with Gasteiger partial charge in [-0.15, -0.1) is 0 Å². The van der Waals surface area contributed by atoms with E-state index < -0.39 is 0 Å². The van der Waals surface area contributed by atoms with Crippen LogP contribution in [-0.4, -0.2) is 120 Å². The molecule has 6 heterocycles. The average molecular weight is 1040 g/mol. The first kappa shape index (κ1) is 51.2. The SMILES string of the molecule is C=CC(=O)N[C@@H]1COC[C@@H]1Nc1ncc2cc(-c3c(Cl)c(OC)cc(OC)c3Cl)c(=O)n(C)c2n1.C=CC(=O)N[C@H]1COC[C@H]1Nc1ncc2cc(-c3c(Cl)c(OC)cc(OC)c3Cl)c(=O)n(C)c2n1. The molecule has 4 atom stereocenters. The lowest BCUT2D eigenvalue weighted by Crippen LogP contribution is -2.45. The number of aromatic nitrogens is 6. The number of hydrogen-bond donors (Lipinski definition) is 4. The molecule has 0 aliphatic carbocycles. The number of carbonyl (C=O) groups excluding carboxylic acids is 2. The third-order valence-electron chi connectivity index (χ3n) is 11.4. The van der Waals surface area contributed by atoms with Crippen LogP contribution >= 0.6 is 46.4 Å². The minimum absolute atomic E-state index is 0.183. The summed E-state index contributed by atoms with van der Waals surface area (Å²) in [5, 5.41) is 13.9. The summed E-state index contributed by atoms with van der Waals surface area (Å²) >= 11 is 26.1. The second kappa shape index (κ2) is 22.0. The maximum absolute atomic E-state index is 13.4. The van der Waals surface area contributed by atoms with Gasteiger partial charge in [0.05, 0.1) is 110 Å². The van der Waals surface area contributed by atoms with E-state index in [0.29, 0.717) is 71.5 Å². The molecule has 70 heavy (non-hydrogen) atoms. The van der Waals surface area contributed by atoms with Gasteiger partial charge < -0.3 is 49.7 Å². The van der Waals surface area contributed by atoms with Gasteiger partial charge in [-0.1, -0.05) is 59.6 Å². The number of pyridine rings is 2. The van der Waals surface area contributed by atoms with Gasteiger partial charge in [-0.05, 0) is 24.3 Å². The second-order valence-electron chi connectivity index (χ2n) is 15.6. The van der Waals surface area contributed by atoms with E-state index in [-0.39, 0.29) is 101 Å². The van der Waals surface area contributed by atoms with E-state index in [4.69, 9.17) is 74.8 Å². The van der Waals surface area contributed by atoms with Gasteiger partial charge in [-0.25, -0.2) is 9.97 Å². The molecule has 8 rings (SSSR count). The van der Waals surface area contributed by atoms with Gasteiger partial charge in [0.25, 0.3) is 11.1 Å². The number of anilines is 2.